The van der Waals surface area contributed by atoms with Crippen LogP contribution in [-0.4, -0.2) is 49.4 Å². The lowest BCUT2D eigenvalue weighted by molar-refractivity contribution is -0.120. The molecule has 1 atom stereocenters. The van der Waals surface area contributed by atoms with Gasteiger partial charge in [0.15, 0.2) is 0 Å². The molecule has 1 aliphatic rings. The highest BCUT2D eigenvalue weighted by atomic mass is 32.2. The van der Waals surface area contributed by atoms with Gasteiger partial charge in [0, 0.05) is 18.6 Å². The quantitative estimate of drug-likeness (QED) is 0.832. The molecule has 0 bridgehead atoms. The third-order valence-corrected chi connectivity index (χ3v) is 5.41. The van der Waals surface area contributed by atoms with E-state index < -0.39 is 21.5 Å². The van der Waals surface area contributed by atoms with Crippen molar-refractivity contribution < 1.29 is 18.0 Å². The molecule has 1 heterocycles. The van der Waals surface area contributed by atoms with E-state index in [-0.39, 0.29) is 18.4 Å². The van der Waals surface area contributed by atoms with Gasteiger partial charge in [0.2, 0.25) is 15.9 Å². The molecule has 1 unspecified atom stereocenters. The standard InChI is InChI=1S/C18H27N3O4S/c1-18(2,3)20-17(23)14-9-5-6-10-15(14)19-16(22)13-8-7-11-21(12-13)26(4,24)25/h5-6,9-10,13H,7-8,11-12H2,1-4H3,(H,19,22)(H,20,23). The van der Waals surface area contributed by atoms with Gasteiger partial charge in [-0.25, -0.2) is 12.7 Å². The number of nitrogens with one attached hydrogen (secondary N) is 2. The predicted octanol–water partition coefficient (Wildman–Crippen LogP) is 1.83. The maximum absolute atomic E-state index is 12.6. The lowest BCUT2D eigenvalue weighted by atomic mass is 9.98. The predicted molar refractivity (Wildman–Crippen MR) is 101 cm³/mol. The van der Waals surface area contributed by atoms with Crippen LogP contribution in [0.5, 0.6) is 0 Å². The first-order valence-electron chi connectivity index (χ1n) is 8.65. The smallest absolute Gasteiger partial charge is 0.253 e. The highest BCUT2D eigenvalue weighted by Crippen LogP contribution is 2.22. The van der Waals surface area contributed by atoms with Crippen LogP contribution < -0.4 is 10.6 Å². The van der Waals surface area contributed by atoms with E-state index in [2.05, 4.69) is 10.6 Å². The number of hydrogen-bond donors (Lipinski definition) is 2. The molecule has 0 aliphatic carbocycles. The second-order valence-corrected chi connectivity index (χ2v) is 9.68. The molecule has 0 spiro atoms. The van der Waals surface area contributed by atoms with Crippen LogP contribution in [0.25, 0.3) is 0 Å². The van der Waals surface area contributed by atoms with Crippen molar-refractivity contribution in [3.05, 3.63) is 29.8 Å². The van der Waals surface area contributed by atoms with Gasteiger partial charge in [0.05, 0.1) is 23.4 Å². The Morgan fingerprint density at radius 2 is 1.85 bits per heavy atom. The summed E-state index contributed by atoms with van der Waals surface area (Å²) < 4.78 is 24.8. The average molecular weight is 381 g/mol. The number of carbonyl (C=O) groups excluding carboxylic acids is 2. The largest absolute Gasteiger partial charge is 0.347 e. The minimum absolute atomic E-state index is 0.168. The van der Waals surface area contributed by atoms with Gasteiger partial charge < -0.3 is 10.6 Å². The minimum atomic E-state index is -3.32. The van der Waals surface area contributed by atoms with Crippen LogP contribution in [-0.2, 0) is 14.8 Å². The molecule has 0 saturated carbocycles. The summed E-state index contributed by atoms with van der Waals surface area (Å²) in [6, 6.07) is 6.80. The van der Waals surface area contributed by atoms with Crippen LogP contribution in [0.2, 0.25) is 0 Å². The summed E-state index contributed by atoms with van der Waals surface area (Å²) in [5, 5.41) is 5.68. The fourth-order valence-corrected chi connectivity index (χ4v) is 3.80. The highest BCUT2D eigenvalue weighted by Gasteiger charge is 2.30. The monoisotopic (exact) mass is 381 g/mol. The summed E-state index contributed by atoms with van der Waals surface area (Å²) in [4.78, 5) is 25.1. The highest BCUT2D eigenvalue weighted by molar-refractivity contribution is 7.88. The number of anilines is 1. The number of carbonyl (C=O) groups is 2. The molecule has 1 saturated heterocycles. The summed E-state index contributed by atoms with van der Waals surface area (Å²) in [6.07, 6.45) is 2.41. The molecular weight excluding hydrogens is 354 g/mol. The Morgan fingerprint density at radius 3 is 2.46 bits per heavy atom. The number of piperidine rings is 1. The van der Waals surface area contributed by atoms with Gasteiger partial charge in [-0.3, -0.25) is 9.59 Å². The Kier molecular flexibility index (Phi) is 6.08. The number of hydrogen-bond acceptors (Lipinski definition) is 4. The summed E-state index contributed by atoms with van der Waals surface area (Å²) in [7, 11) is -3.32. The van der Waals surface area contributed by atoms with E-state index in [9.17, 15) is 18.0 Å². The van der Waals surface area contributed by atoms with Crippen LogP contribution in [0, 0.1) is 5.92 Å². The van der Waals surface area contributed by atoms with E-state index in [0.29, 0.717) is 30.6 Å². The maximum Gasteiger partial charge on any atom is 0.253 e. The number of nitrogens with zero attached hydrogens (tertiary/aromatic N) is 1. The Balaban J connectivity index is 2.13. The first-order chi connectivity index (χ1) is 12.0. The zero-order valence-electron chi connectivity index (χ0n) is 15.7. The van der Waals surface area contributed by atoms with Crippen molar-refractivity contribution in [2.24, 2.45) is 5.92 Å². The van der Waals surface area contributed by atoms with Gasteiger partial charge in [-0.1, -0.05) is 12.1 Å². The molecular formula is C18H27N3O4S. The van der Waals surface area contributed by atoms with Crippen molar-refractivity contribution in [1.82, 2.24) is 9.62 Å². The third kappa shape index (κ3) is 5.54. The van der Waals surface area contributed by atoms with Crippen molar-refractivity contribution in [2.45, 2.75) is 39.2 Å². The molecule has 2 rings (SSSR count). The van der Waals surface area contributed by atoms with Gasteiger partial charge in [-0.2, -0.15) is 0 Å². The number of sulfonamides is 1. The van der Waals surface area contributed by atoms with Crippen molar-refractivity contribution in [1.29, 1.82) is 0 Å². The van der Waals surface area contributed by atoms with Crippen molar-refractivity contribution in [2.75, 3.05) is 24.7 Å². The Labute approximate surface area is 155 Å². The second-order valence-electron chi connectivity index (χ2n) is 7.70. The molecule has 0 radical (unpaired) electrons. The van der Waals surface area contributed by atoms with Crippen LogP contribution in [0.1, 0.15) is 44.0 Å². The van der Waals surface area contributed by atoms with Gasteiger partial charge >= 0.3 is 0 Å². The minimum Gasteiger partial charge on any atom is -0.347 e. The van der Waals surface area contributed by atoms with E-state index >= 15 is 0 Å². The molecule has 1 fully saturated rings. The summed E-state index contributed by atoms with van der Waals surface area (Å²) in [5.74, 6) is -0.971. The third-order valence-electron chi connectivity index (χ3n) is 4.14. The average Bonchev–Trinajstić information content (AvgIpc) is 2.53. The Bertz CT molecular complexity index is 784. The molecule has 1 aromatic rings. The van der Waals surface area contributed by atoms with Crippen LogP contribution in [0.4, 0.5) is 5.69 Å². The lowest BCUT2D eigenvalue weighted by Crippen LogP contribution is -2.43. The van der Waals surface area contributed by atoms with Crippen molar-refractivity contribution >= 4 is 27.5 Å². The maximum atomic E-state index is 12.6. The molecule has 2 N–H and O–H groups in total. The number of amides is 2. The number of rotatable bonds is 4. The van der Waals surface area contributed by atoms with Crippen molar-refractivity contribution in [3.63, 3.8) is 0 Å². The Hall–Kier alpha value is -1.93. The summed E-state index contributed by atoms with van der Waals surface area (Å²) in [5.41, 5.74) is 0.412. The van der Waals surface area contributed by atoms with E-state index in [1.54, 1.807) is 24.3 Å². The topological polar surface area (TPSA) is 95.6 Å². The summed E-state index contributed by atoms with van der Waals surface area (Å²) >= 11 is 0. The number of para-hydroxylation sites is 1. The Morgan fingerprint density at radius 1 is 1.19 bits per heavy atom. The van der Waals surface area contributed by atoms with E-state index in [0.717, 1.165) is 6.26 Å². The van der Waals surface area contributed by atoms with Gasteiger partial charge in [-0.15, -0.1) is 0 Å². The zero-order valence-corrected chi connectivity index (χ0v) is 16.5. The van der Waals surface area contributed by atoms with E-state index in [1.165, 1.54) is 4.31 Å². The van der Waals surface area contributed by atoms with Crippen LogP contribution in [0.3, 0.4) is 0 Å². The van der Waals surface area contributed by atoms with Crippen molar-refractivity contribution in [3.8, 4) is 0 Å². The fourth-order valence-electron chi connectivity index (χ4n) is 2.89. The molecule has 7 nitrogen and oxygen atoms in total. The van der Waals surface area contributed by atoms with Crippen LogP contribution in [0.15, 0.2) is 24.3 Å². The first kappa shape index (κ1) is 20.4. The van der Waals surface area contributed by atoms with Gasteiger partial charge in [-0.05, 0) is 45.7 Å². The fraction of sp³-hybridized carbons (Fsp3) is 0.556. The van der Waals surface area contributed by atoms with Crippen LogP contribution >= 0.6 is 0 Å². The zero-order chi connectivity index (χ0) is 19.5. The molecule has 1 aliphatic heterocycles. The van der Waals surface area contributed by atoms with E-state index in [4.69, 9.17) is 0 Å². The molecule has 144 valence electrons. The molecule has 8 heteroatoms. The first-order valence-corrected chi connectivity index (χ1v) is 10.5. The van der Waals surface area contributed by atoms with Gasteiger partial charge in [0.25, 0.3) is 5.91 Å². The molecule has 26 heavy (non-hydrogen) atoms. The normalized spacial score (nSPS) is 19.0. The SMILES string of the molecule is CC(C)(C)NC(=O)c1ccccc1NC(=O)C1CCCN(S(C)(=O)=O)C1. The summed E-state index contributed by atoms with van der Waals surface area (Å²) in [6.45, 7) is 6.25. The van der Waals surface area contributed by atoms with E-state index in [1.807, 2.05) is 20.8 Å². The lowest BCUT2D eigenvalue weighted by Gasteiger charge is -2.30. The second kappa shape index (κ2) is 7.75. The van der Waals surface area contributed by atoms with Gasteiger partial charge in [0.1, 0.15) is 0 Å². The molecule has 2 amide bonds. The molecule has 1 aromatic carbocycles. The number of benzene rings is 1. The molecule has 0 aromatic heterocycles.